The van der Waals surface area contributed by atoms with E-state index in [1.165, 1.54) is 6.33 Å². The summed E-state index contributed by atoms with van der Waals surface area (Å²) in [7, 11) is 0. The maximum Gasteiger partial charge on any atom is 0.223 e. The zero-order valence-electron chi connectivity index (χ0n) is 9.80. The summed E-state index contributed by atoms with van der Waals surface area (Å²) in [6.07, 6.45) is 13.0. The number of amides is 1. The van der Waals surface area contributed by atoms with Gasteiger partial charge in [0, 0.05) is 24.9 Å². The van der Waals surface area contributed by atoms with Crippen molar-refractivity contribution in [3.8, 4) is 0 Å². The summed E-state index contributed by atoms with van der Waals surface area (Å²) in [6, 6.07) is 0. The van der Waals surface area contributed by atoms with Gasteiger partial charge in [-0.25, -0.2) is 9.97 Å². The monoisotopic (exact) mass is 231 g/mol. The molecule has 0 bridgehead atoms. The molecule has 0 saturated heterocycles. The van der Waals surface area contributed by atoms with Crippen molar-refractivity contribution in [1.29, 1.82) is 0 Å². The highest BCUT2D eigenvalue weighted by molar-refractivity contribution is 5.78. The SMILES string of the molecule is O=C(NCCc1cncnc1)[C@@H]1CC=CCC1. The molecule has 0 fully saturated rings. The molecule has 0 radical (unpaired) electrons. The molecule has 4 heteroatoms. The zero-order valence-corrected chi connectivity index (χ0v) is 9.80. The highest BCUT2D eigenvalue weighted by Crippen LogP contribution is 2.17. The van der Waals surface area contributed by atoms with Gasteiger partial charge in [-0.1, -0.05) is 12.2 Å². The molecule has 17 heavy (non-hydrogen) atoms. The minimum absolute atomic E-state index is 0.159. The highest BCUT2D eigenvalue weighted by atomic mass is 16.1. The van der Waals surface area contributed by atoms with Crippen LogP contribution >= 0.6 is 0 Å². The molecule has 2 rings (SSSR count). The molecule has 1 heterocycles. The van der Waals surface area contributed by atoms with Gasteiger partial charge in [-0.3, -0.25) is 4.79 Å². The molecule has 0 spiro atoms. The third-order valence-corrected chi connectivity index (χ3v) is 2.97. The average Bonchev–Trinajstić information content (AvgIpc) is 2.41. The molecule has 1 aliphatic carbocycles. The fourth-order valence-electron chi connectivity index (χ4n) is 1.97. The summed E-state index contributed by atoms with van der Waals surface area (Å²) in [6.45, 7) is 0.659. The van der Waals surface area contributed by atoms with Crippen molar-refractivity contribution in [1.82, 2.24) is 15.3 Å². The molecule has 1 aromatic rings. The second kappa shape index (κ2) is 6.13. The van der Waals surface area contributed by atoms with Gasteiger partial charge in [0.25, 0.3) is 0 Å². The normalized spacial score (nSPS) is 18.9. The van der Waals surface area contributed by atoms with Gasteiger partial charge in [0.15, 0.2) is 0 Å². The maximum atomic E-state index is 11.8. The molecule has 0 saturated carbocycles. The molecule has 4 nitrogen and oxygen atoms in total. The van der Waals surface area contributed by atoms with Crippen molar-refractivity contribution in [2.75, 3.05) is 6.54 Å². The molecule has 1 aromatic heterocycles. The standard InChI is InChI=1S/C13H17N3O/c17-13(12-4-2-1-3-5-12)16-7-6-11-8-14-10-15-9-11/h1-2,8-10,12H,3-7H2,(H,16,17)/t12-/m1/s1. The van der Waals surface area contributed by atoms with Gasteiger partial charge in [-0.2, -0.15) is 0 Å². The number of carbonyl (C=O) groups excluding carboxylic acids is 1. The van der Waals surface area contributed by atoms with E-state index in [0.717, 1.165) is 31.2 Å². The lowest BCUT2D eigenvalue weighted by molar-refractivity contribution is -0.125. The lowest BCUT2D eigenvalue weighted by Crippen LogP contribution is -2.32. The van der Waals surface area contributed by atoms with Crippen LogP contribution in [0.4, 0.5) is 0 Å². The summed E-state index contributed by atoms with van der Waals surface area (Å²) in [5.41, 5.74) is 1.05. The number of allylic oxidation sites excluding steroid dienone is 2. The van der Waals surface area contributed by atoms with E-state index in [9.17, 15) is 4.79 Å². The van der Waals surface area contributed by atoms with Crippen molar-refractivity contribution in [3.05, 3.63) is 36.4 Å². The lowest BCUT2D eigenvalue weighted by Gasteiger charge is -2.17. The summed E-state index contributed by atoms with van der Waals surface area (Å²) >= 11 is 0. The number of aromatic nitrogens is 2. The smallest absolute Gasteiger partial charge is 0.223 e. The van der Waals surface area contributed by atoms with Gasteiger partial charge < -0.3 is 5.32 Å². The predicted octanol–water partition coefficient (Wildman–Crippen LogP) is 1.49. The Bertz CT molecular complexity index is 389. The van der Waals surface area contributed by atoms with E-state index in [1.807, 2.05) is 0 Å². The third kappa shape index (κ3) is 3.66. The fraction of sp³-hybridized carbons (Fsp3) is 0.462. The van der Waals surface area contributed by atoms with Crippen molar-refractivity contribution >= 4 is 5.91 Å². The van der Waals surface area contributed by atoms with E-state index in [-0.39, 0.29) is 11.8 Å². The van der Waals surface area contributed by atoms with E-state index in [1.54, 1.807) is 12.4 Å². The number of rotatable bonds is 4. The number of nitrogens with one attached hydrogen (secondary N) is 1. The average molecular weight is 231 g/mol. The summed E-state index contributed by atoms with van der Waals surface area (Å²) in [5.74, 6) is 0.332. The van der Waals surface area contributed by atoms with Crippen LogP contribution < -0.4 is 5.32 Å². The minimum Gasteiger partial charge on any atom is -0.356 e. The Labute approximate surface area is 101 Å². The van der Waals surface area contributed by atoms with Crippen molar-refractivity contribution in [2.24, 2.45) is 5.92 Å². The third-order valence-electron chi connectivity index (χ3n) is 2.97. The van der Waals surface area contributed by atoms with Crippen LogP contribution in [0.2, 0.25) is 0 Å². The number of hydrogen-bond donors (Lipinski definition) is 1. The van der Waals surface area contributed by atoms with Crippen LogP contribution in [0.1, 0.15) is 24.8 Å². The van der Waals surface area contributed by atoms with Gasteiger partial charge in [0.05, 0.1) is 0 Å². The Hall–Kier alpha value is -1.71. The van der Waals surface area contributed by atoms with Crippen LogP contribution in [0.3, 0.4) is 0 Å². The van der Waals surface area contributed by atoms with E-state index in [4.69, 9.17) is 0 Å². The molecular formula is C13H17N3O. The maximum absolute atomic E-state index is 11.8. The molecule has 0 aromatic carbocycles. The second-order valence-electron chi connectivity index (χ2n) is 4.27. The Morgan fingerprint density at radius 3 is 2.88 bits per heavy atom. The summed E-state index contributed by atoms with van der Waals surface area (Å²) < 4.78 is 0. The molecule has 90 valence electrons. The van der Waals surface area contributed by atoms with E-state index < -0.39 is 0 Å². The van der Waals surface area contributed by atoms with Gasteiger partial charge >= 0.3 is 0 Å². The first-order chi connectivity index (χ1) is 8.36. The van der Waals surface area contributed by atoms with E-state index in [2.05, 4.69) is 27.4 Å². The topological polar surface area (TPSA) is 54.9 Å². The molecule has 1 aliphatic rings. The Morgan fingerprint density at radius 1 is 1.35 bits per heavy atom. The Morgan fingerprint density at radius 2 is 2.18 bits per heavy atom. The quantitative estimate of drug-likeness (QED) is 0.799. The molecule has 0 aliphatic heterocycles. The van der Waals surface area contributed by atoms with Crippen LogP contribution in [0.5, 0.6) is 0 Å². The van der Waals surface area contributed by atoms with Crippen molar-refractivity contribution in [3.63, 3.8) is 0 Å². The molecule has 1 atom stereocenters. The van der Waals surface area contributed by atoms with Gasteiger partial charge in [0.1, 0.15) is 6.33 Å². The van der Waals surface area contributed by atoms with Crippen LogP contribution in [0, 0.1) is 5.92 Å². The van der Waals surface area contributed by atoms with Crippen molar-refractivity contribution in [2.45, 2.75) is 25.7 Å². The van der Waals surface area contributed by atoms with E-state index >= 15 is 0 Å². The highest BCUT2D eigenvalue weighted by Gasteiger charge is 2.17. The number of nitrogens with zero attached hydrogens (tertiary/aromatic N) is 2. The van der Waals surface area contributed by atoms with Crippen LogP contribution in [0.15, 0.2) is 30.9 Å². The molecule has 0 unspecified atom stereocenters. The van der Waals surface area contributed by atoms with Gasteiger partial charge in [-0.05, 0) is 31.2 Å². The zero-order chi connectivity index (χ0) is 11.9. The van der Waals surface area contributed by atoms with Crippen LogP contribution in [-0.4, -0.2) is 22.4 Å². The first-order valence-corrected chi connectivity index (χ1v) is 6.03. The predicted molar refractivity (Wildman–Crippen MR) is 65.2 cm³/mol. The lowest BCUT2D eigenvalue weighted by atomic mass is 9.94. The van der Waals surface area contributed by atoms with Gasteiger partial charge in [0.2, 0.25) is 5.91 Å². The molecule has 1 amide bonds. The number of hydrogen-bond acceptors (Lipinski definition) is 3. The minimum atomic E-state index is 0.159. The van der Waals surface area contributed by atoms with Crippen molar-refractivity contribution < 1.29 is 4.79 Å². The number of carbonyl (C=O) groups is 1. The Balaban J connectivity index is 1.71. The van der Waals surface area contributed by atoms with Crippen LogP contribution in [0.25, 0.3) is 0 Å². The largest absolute Gasteiger partial charge is 0.356 e. The summed E-state index contributed by atoms with van der Waals surface area (Å²) in [4.78, 5) is 19.7. The fourth-order valence-corrected chi connectivity index (χ4v) is 1.97. The second-order valence-corrected chi connectivity index (χ2v) is 4.27. The Kier molecular flexibility index (Phi) is 4.24. The molecule has 1 N–H and O–H groups in total. The van der Waals surface area contributed by atoms with E-state index in [0.29, 0.717) is 6.54 Å². The van der Waals surface area contributed by atoms with Crippen LogP contribution in [-0.2, 0) is 11.2 Å². The summed E-state index contributed by atoms with van der Waals surface area (Å²) in [5, 5.41) is 2.97. The first kappa shape index (κ1) is 11.8. The first-order valence-electron chi connectivity index (χ1n) is 6.03. The molecular weight excluding hydrogens is 214 g/mol. The van der Waals surface area contributed by atoms with Gasteiger partial charge in [-0.15, -0.1) is 0 Å².